The summed E-state index contributed by atoms with van der Waals surface area (Å²) in [6.45, 7) is 1.60. The summed E-state index contributed by atoms with van der Waals surface area (Å²) in [6.07, 6.45) is -6.01. The van der Waals surface area contributed by atoms with Gasteiger partial charge in [0.2, 0.25) is 0 Å². The highest BCUT2D eigenvalue weighted by atomic mass is 19.4. The Morgan fingerprint density at radius 3 is 2.35 bits per heavy atom. The van der Waals surface area contributed by atoms with Gasteiger partial charge >= 0.3 is 6.18 Å². The molecule has 0 saturated carbocycles. The maximum atomic E-state index is 13.6. The van der Waals surface area contributed by atoms with Gasteiger partial charge in [0.05, 0.1) is 5.56 Å². The van der Waals surface area contributed by atoms with Crippen molar-refractivity contribution in [2.45, 2.75) is 31.7 Å². The fraction of sp³-hybridized carbons (Fsp3) is 0.500. The zero-order chi connectivity index (χ0) is 13.1. The van der Waals surface area contributed by atoms with E-state index < -0.39 is 24.0 Å². The van der Waals surface area contributed by atoms with Crippen molar-refractivity contribution in [1.29, 1.82) is 0 Å². The van der Waals surface area contributed by atoms with Gasteiger partial charge in [0, 0.05) is 12.5 Å². The summed E-state index contributed by atoms with van der Waals surface area (Å²) in [5.41, 5.74) is -0.763. The molecule has 1 nitrogen and oxygen atoms in total. The highest BCUT2D eigenvalue weighted by Crippen LogP contribution is 2.32. The first-order chi connectivity index (χ1) is 7.86. The van der Waals surface area contributed by atoms with E-state index in [-0.39, 0.29) is 12.0 Å². The third-order valence-corrected chi connectivity index (χ3v) is 2.74. The maximum Gasteiger partial charge on any atom is 0.416 e. The van der Waals surface area contributed by atoms with Crippen molar-refractivity contribution in [1.82, 2.24) is 5.32 Å². The minimum atomic E-state index is -4.43. The molecule has 5 heteroatoms. The van der Waals surface area contributed by atoms with Gasteiger partial charge in [-0.15, -0.1) is 0 Å². The first-order valence-corrected chi connectivity index (χ1v) is 5.32. The summed E-state index contributed by atoms with van der Waals surface area (Å²) in [6, 6.07) is 4.61. The van der Waals surface area contributed by atoms with Crippen LogP contribution in [0.25, 0.3) is 0 Å². The van der Waals surface area contributed by atoms with E-state index in [9.17, 15) is 17.6 Å². The summed E-state index contributed by atoms with van der Waals surface area (Å²) in [5.74, 6) is 0. The number of halogens is 4. The maximum absolute atomic E-state index is 13.6. The number of hydrogen-bond donors (Lipinski definition) is 1. The molecular weight excluding hydrogens is 234 g/mol. The molecule has 0 aliphatic rings. The largest absolute Gasteiger partial charge is 0.416 e. The van der Waals surface area contributed by atoms with E-state index in [4.69, 9.17) is 0 Å². The fourth-order valence-corrected chi connectivity index (χ4v) is 1.54. The lowest BCUT2D eigenvalue weighted by Gasteiger charge is -2.18. The van der Waals surface area contributed by atoms with E-state index in [0.29, 0.717) is 0 Å². The molecule has 0 heterocycles. The monoisotopic (exact) mass is 249 g/mol. The third-order valence-electron chi connectivity index (χ3n) is 2.74. The van der Waals surface area contributed by atoms with E-state index >= 15 is 0 Å². The Morgan fingerprint density at radius 1 is 1.24 bits per heavy atom. The molecular formula is C12H15F4N. The smallest absolute Gasteiger partial charge is 0.314 e. The Labute approximate surface area is 97.8 Å². The Bertz CT molecular complexity index is 362. The molecule has 0 bridgehead atoms. The van der Waals surface area contributed by atoms with Gasteiger partial charge in [-0.2, -0.15) is 13.2 Å². The van der Waals surface area contributed by atoms with Gasteiger partial charge in [-0.3, -0.25) is 0 Å². The average molecular weight is 249 g/mol. The zero-order valence-electron chi connectivity index (χ0n) is 9.68. The van der Waals surface area contributed by atoms with Crippen molar-refractivity contribution in [3.05, 3.63) is 35.4 Å². The molecule has 0 aliphatic heterocycles. The summed E-state index contributed by atoms with van der Waals surface area (Å²) >= 11 is 0. The van der Waals surface area contributed by atoms with Crippen molar-refractivity contribution in [3.63, 3.8) is 0 Å². The standard InChI is InChI=1S/C12H15F4N/c1-8(17-2)11(13)7-9-5-3-4-6-10(9)12(14,15)16/h3-6,8,11,17H,7H2,1-2H3. The van der Waals surface area contributed by atoms with Crippen LogP contribution in [0.3, 0.4) is 0 Å². The zero-order valence-corrected chi connectivity index (χ0v) is 9.68. The van der Waals surface area contributed by atoms with Gasteiger partial charge in [0.1, 0.15) is 6.17 Å². The van der Waals surface area contributed by atoms with Crippen LogP contribution < -0.4 is 5.32 Å². The number of rotatable bonds is 4. The highest BCUT2D eigenvalue weighted by molar-refractivity contribution is 5.30. The van der Waals surface area contributed by atoms with E-state index in [1.54, 1.807) is 14.0 Å². The number of benzene rings is 1. The molecule has 17 heavy (non-hydrogen) atoms. The van der Waals surface area contributed by atoms with Gasteiger partial charge in [-0.25, -0.2) is 4.39 Å². The molecule has 0 fully saturated rings. The van der Waals surface area contributed by atoms with Crippen LogP contribution in [0.4, 0.5) is 17.6 Å². The topological polar surface area (TPSA) is 12.0 Å². The van der Waals surface area contributed by atoms with Crippen LogP contribution in [0, 0.1) is 0 Å². The molecule has 0 aliphatic carbocycles. The number of alkyl halides is 4. The van der Waals surface area contributed by atoms with Crippen molar-refractivity contribution < 1.29 is 17.6 Å². The fourth-order valence-electron chi connectivity index (χ4n) is 1.54. The summed E-state index contributed by atoms with van der Waals surface area (Å²) in [7, 11) is 1.58. The van der Waals surface area contributed by atoms with Gasteiger partial charge < -0.3 is 5.32 Å². The Morgan fingerprint density at radius 2 is 1.82 bits per heavy atom. The van der Waals surface area contributed by atoms with Crippen LogP contribution in [0.5, 0.6) is 0 Å². The minimum absolute atomic E-state index is 0.00500. The number of hydrogen-bond acceptors (Lipinski definition) is 1. The van der Waals surface area contributed by atoms with Gasteiger partial charge in [0.15, 0.2) is 0 Å². The second kappa shape index (κ2) is 5.49. The normalized spacial score (nSPS) is 15.6. The van der Waals surface area contributed by atoms with E-state index in [1.807, 2.05) is 0 Å². The second-order valence-corrected chi connectivity index (χ2v) is 3.95. The van der Waals surface area contributed by atoms with Crippen LogP contribution in [0.15, 0.2) is 24.3 Å². The van der Waals surface area contributed by atoms with Crippen LogP contribution in [-0.4, -0.2) is 19.3 Å². The predicted molar refractivity (Wildman–Crippen MR) is 58.6 cm³/mol. The Hall–Kier alpha value is -1.10. The predicted octanol–water partition coefficient (Wildman–Crippen LogP) is 3.19. The molecule has 2 atom stereocenters. The molecule has 2 unspecified atom stereocenters. The first kappa shape index (κ1) is 14.0. The Balaban J connectivity index is 2.91. The summed E-state index contributed by atoms with van der Waals surface area (Å²) in [4.78, 5) is 0. The van der Waals surface area contributed by atoms with E-state index in [1.165, 1.54) is 18.2 Å². The molecule has 0 radical (unpaired) electrons. The minimum Gasteiger partial charge on any atom is -0.314 e. The second-order valence-electron chi connectivity index (χ2n) is 3.95. The van der Waals surface area contributed by atoms with E-state index in [2.05, 4.69) is 5.32 Å². The molecule has 96 valence electrons. The lowest BCUT2D eigenvalue weighted by Crippen LogP contribution is -2.33. The highest BCUT2D eigenvalue weighted by Gasteiger charge is 2.33. The van der Waals surface area contributed by atoms with Gasteiger partial charge in [-0.05, 0) is 25.6 Å². The summed E-state index contributed by atoms with van der Waals surface area (Å²) in [5, 5.41) is 2.69. The SMILES string of the molecule is CNC(C)C(F)Cc1ccccc1C(F)(F)F. The molecule has 1 aromatic rings. The van der Waals surface area contributed by atoms with E-state index in [0.717, 1.165) is 6.07 Å². The van der Waals surface area contributed by atoms with Crippen LogP contribution >= 0.6 is 0 Å². The quantitative estimate of drug-likeness (QED) is 0.808. The molecule has 1 aromatic carbocycles. The average Bonchev–Trinajstić information content (AvgIpc) is 2.27. The molecule has 1 N–H and O–H groups in total. The van der Waals surface area contributed by atoms with Gasteiger partial charge in [-0.1, -0.05) is 18.2 Å². The lowest BCUT2D eigenvalue weighted by molar-refractivity contribution is -0.138. The molecule has 0 saturated heterocycles. The molecule has 1 rings (SSSR count). The number of nitrogens with one attached hydrogen (secondary N) is 1. The molecule has 0 aromatic heterocycles. The van der Waals surface area contributed by atoms with Crippen molar-refractivity contribution in [2.75, 3.05) is 7.05 Å². The van der Waals surface area contributed by atoms with Crippen molar-refractivity contribution in [3.8, 4) is 0 Å². The van der Waals surface area contributed by atoms with Crippen LogP contribution in [-0.2, 0) is 12.6 Å². The first-order valence-electron chi connectivity index (χ1n) is 5.32. The Kier molecular flexibility index (Phi) is 4.51. The molecule has 0 spiro atoms. The van der Waals surface area contributed by atoms with Crippen molar-refractivity contribution >= 4 is 0 Å². The lowest BCUT2D eigenvalue weighted by atomic mass is 9.99. The van der Waals surface area contributed by atoms with Crippen molar-refractivity contribution in [2.24, 2.45) is 0 Å². The van der Waals surface area contributed by atoms with Gasteiger partial charge in [0.25, 0.3) is 0 Å². The summed E-state index contributed by atoms with van der Waals surface area (Å²) < 4.78 is 51.6. The third kappa shape index (κ3) is 3.70. The van der Waals surface area contributed by atoms with Crippen LogP contribution in [0.2, 0.25) is 0 Å². The van der Waals surface area contributed by atoms with Crippen LogP contribution in [0.1, 0.15) is 18.1 Å². The molecule has 0 amide bonds.